The van der Waals surface area contributed by atoms with Crippen LogP contribution in [0.1, 0.15) is 23.7 Å². The van der Waals surface area contributed by atoms with Crippen LogP contribution in [0.5, 0.6) is 0 Å². The zero-order chi connectivity index (χ0) is 16.9. The number of aryl methyl sites for hydroxylation is 1. The van der Waals surface area contributed by atoms with Crippen molar-refractivity contribution in [2.75, 3.05) is 20.1 Å². The van der Waals surface area contributed by atoms with Gasteiger partial charge in [0, 0.05) is 20.1 Å². The molecule has 128 valence electrons. The van der Waals surface area contributed by atoms with Gasteiger partial charge in [-0.25, -0.2) is 4.39 Å². The fourth-order valence-electron chi connectivity index (χ4n) is 3.04. The number of benzene rings is 1. The third-order valence-electron chi connectivity index (χ3n) is 4.20. The van der Waals surface area contributed by atoms with Gasteiger partial charge in [-0.15, -0.1) is 0 Å². The molecule has 1 saturated heterocycles. The number of hydrogen-bond acceptors (Lipinski definition) is 4. The van der Waals surface area contributed by atoms with Crippen molar-refractivity contribution in [3.8, 4) is 0 Å². The summed E-state index contributed by atoms with van der Waals surface area (Å²) in [6.45, 7) is 4.14. The first-order valence-corrected chi connectivity index (χ1v) is 8.13. The lowest BCUT2D eigenvalue weighted by atomic mass is 9.99. The summed E-state index contributed by atoms with van der Waals surface area (Å²) in [5.74, 6) is 2.37. The van der Waals surface area contributed by atoms with Gasteiger partial charge in [0.15, 0.2) is 11.8 Å². The van der Waals surface area contributed by atoms with E-state index in [1.807, 2.05) is 12.1 Å². The molecule has 1 unspecified atom stereocenters. The molecular formula is C17H22FN5O. The molecule has 6 nitrogen and oxygen atoms in total. The zero-order valence-corrected chi connectivity index (χ0v) is 14.0. The highest BCUT2D eigenvalue weighted by molar-refractivity contribution is 5.80. The zero-order valence-electron chi connectivity index (χ0n) is 14.0. The number of nitrogens with zero attached hydrogens (tertiary/aromatic N) is 4. The minimum Gasteiger partial charge on any atom is -0.347 e. The molecule has 2 heterocycles. The van der Waals surface area contributed by atoms with E-state index < -0.39 is 0 Å². The van der Waals surface area contributed by atoms with Gasteiger partial charge in [0.2, 0.25) is 5.89 Å². The number of rotatable bonds is 4. The lowest BCUT2D eigenvalue weighted by molar-refractivity contribution is 0.367. The molecule has 1 aromatic carbocycles. The van der Waals surface area contributed by atoms with Crippen LogP contribution in [-0.2, 0) is 13.0 Å². The molecule has 7 heteroatoms. The van der Waals surface area contributed by atoms with Gasteiger partial charge >= 0.3 is 0 Å². The maximum atomic E-state index is 13.0. The maximum absolute atomic E-state index is 13.0. The smallest absolute Gasteiger partial charge is 0.246 e. The molecule has 1 aliphatic rings. The summed E-state index contributed by atoms with van der Waals surface area (Å²) in [5.41, 5.74) is 1.17. The Morgan fingerprint density at radius 1 is 1.42 bits per heavy atom. The second-order valence-corrected chi connectivity index (χ2v) is 6.07. The molecule has 0 saturated carbocycles. The Kier molecular flexibility index (Phi) is 5.08. The molecule has 1 fully saturated rings. The van der Waals surface area contributed by atoms with E-state index in [1.54, 1.807) is 14.0 Å². The van der Waals surface area contributed by atoms with Crippen molar-refractivity contribution < 1.29 is 8.91 Å². The largest absolute Gasteiger partial charge is 0.347 e. The average molecular weight is 331 g/mol. The number of guanidine groups is 1. The van der Waals surface area contributed by atoms with E-state index in [0.717, 1.165) is 31.9 Å². The lowest BCUT2D eigenvalue weighted by Crippen LogP contribution is -2.39. The van der Waals surface area contributed by atoms with Gasteiger partial charge in [-0.3, -0.25) is 4.99 Å². The predicted octanol–water partition coefficient (Wildman–Crippen LogP) is 2.16. The van der Waals surface area contributed by atoms with E-state index in [0.29, 0.717) is 24.2 Å². The summed E-state index contributed by atoms with van der Waals surface area (Å²) in [6.07, 6.45) is 2.05. The van der Waals surface area contributed by atoms with Crippen molar-refractivity contribution >= 4 is 5.96 Å². The summed E-state index contributed by atoms with van der Waals surface area (Å²) in [5, 5.41) is 7.04. The van der Waals surface area contributed by atoms with Gasteiger partial charge in [-0.1, -0.05) is 17.3 Å². The highest BCUT2D eigenvalue weighted by atomic mass is 19.1. The number of nitrogens with one attached hydrogen (secondary N) is 1. The molecule has 1 N–H and O–H groups in total. The second kappa shape index (κ2) is 7.42. The molecule has 2 aromatic rings. The van der Waals surface area contributed by atoms with Crippen molar-refractivity contribution in [1.29, 1.82) is 0 Å². The predicted molar refractivity (Wildman–Crippen MR) is 89.0 cm³/mol. The van der Waals surface area contributed by atoms with Crippen LogP contribution in [0.4, 0.5) is 4.39 Å². The Morgan fingerprint density at radius 2 is 2.21 bits per heavy atom. The van der Waals surface area contributed by atoms with Crippen molar-refractivity contribution in [2.24, 2.45) is 10.9 Å². The van der Waals surface area contributed by atoms with Crippen LogP contribution in [0.3, 0.4) is 0 Å². The molecule has 24 heavy (non-hydrogen) atoms. The standard InChI is InChI=1S/C17H22FN5O/c1-12-21-16(24-22-12)10-20-17(19-2)23-8-7-14(11-23)9-13-3-5-15(18)6-4-13/h3-6,14H,7-11H2,1-2H3,(H,19,20). The van der Waals surface area contributed by atoms with Gasteiger partial charge < -0.3 is 14.7 Å². The second-order valence-electron chi connectivity index (χ2n) is 6.07. The number of aromatic nitrogens is 2. The molecule has 0 amide bonds. The number of likely N-dealkylation sites (tertiary alicyclic amines) is 1. The molecule has 0 radical (unpaired) electrons. The Bertz CT molecular complexity index is 697. The van der Waals surface area contributed by atoms with Gasteiger partial charge in [-0.05, 0) is 43.4 Å². The van der Waals surface area contributed by atoms with Crippen molar-refractivity contribution in [2.45, 2.75) is 26.3 Å². The quantitative estimate of drug-likeness (QED) is 0.687. The summed E-state index contributed by atoms with van der Waals surface area (Å²) < 4.78 is 18.1. The van der Waals surface area contributed by atoms with Crippen LogP contribution < -0.4 is 5.32 Å². The number of halogens is 1. The van der Waals surface area contributed by atoms with Crippen LogP contribution in [0, 0.1) is 18.7 Å². The van der Waals surface area contributed by atoms with Crippen LogP contribution in [0.2, 0.25) is 0 Å². The number of aliphatic imine (C=N–C) groups is 1. The Morgan fingerprint density at radius 3 is 2.88 bits per heavy atom. The third kappa shape index (κ3) is 4.10. The summed E-state index contributed by atoms with van der Waals surface area (Å²) in [6, 6.07) is 6.77. The molecule has 1 atom stereocenters. The highest BCUT2D eigenvalue weighted by Gasteiger charge is 2.25. The van der Waals surface area contributed by atoms with E-state index in [4.69, 9.17) is 4.52 Å². The normalized spacial score (nSPS) is 18.2. The summed E-state index contributed by atoms with van der Waals surface area (Å²) in [7, 11) is 1.77. The molecule has 3 rings (SSSR count). The monoisotopic (exact) mass is 331 g/mol. The molecular weight excluding hydrogens is 309 g/mol. The Hall–Kier alpha value is -2.44. The van der Waals surface area contributed by atoms with Crippen molar-refractivity contribution in [1.82, 2.24) is 20.4 Å². The van der Waals surface area contributed by atoms with Gasteiger partial charge in [0.25, 0.3) is 0 Å². The highest BCUT2D eigenvalue weighted by Crippen LogP contribution is 2.21. The fraction of sp³-hybridized carbons (Fsp3) is 0.471. The SMILES string of the molecule is CN=C(NCc1nc(C)no1)N1CCC(Cc2ccc(F)cc2)C1. The van der Waals surface area contributed by atoms with Crippen molar-refractivity contribution in [3.05, 3.63) is 47.4 Å². The Labute approximate surface area is 140 Å². The minimum absolute atomic E-state index is 0.187. The topological polar surface area (TPSA) is 66.5 Å². The summed E-state index contributed by atoms with van der Waals surface area (Å²) in [4.78, 5) is 10.7. The molecule has 0 spiro atoms. The van der Waals surface area contributed by atoms with E-state index in [9.17, 15) is 4.39 Å². The van der Waals surface area contributed by atoms with Crippen molar-refractivity contribution in [3.63, 3.8) is 0 Å². The van der Waals surface area contributed by atoms with E-state index in [2.05, 4.69) is 25.3 Å². The average Bonchev–Trinajstić information content (AvgIpc) is 3.20. The molecule has 1 aliphatic heterocycles. The van der Waals surface area contributed by atoms with Crippen LogP contribution in [-0.4, -0.2) is 41.1 Å². The first-order chi connectivity index (χ1) is 11.6. The maximum Gasteiger partial charge on any atom is 0.246 e. The van der Waals surface area contributed by atoms with E-state index in [1.165, 1.54) is 17.7 Å². The van der Waals surface area contributed by atoms with Gasteiger partial charge in [0.05, 0.1) is 6.54 Å². The van der Waals surface area contributed by atoms with Crippen LogP contribution in [0.15, 0.2) is 33.8 Å². The summed E-state index contributed by atoms with van der Waals surface area (Å²) >= 11 is 0. The first-order valence-electron chi connectivity index (χ1n) is 8.13. The molecule has 1 aromatic heterocycles. The van der Waals surface area contributed by atoms with Crippen LogP contribution in [0.25, 0.3) is 0 Å². The number of hydrogen-bond donors (Lipinski definition) is 1. The van der Waals surface area contributed by atoms with Crippen LogP contribution >= 0.6 is 0 Å². The third-order valence-corrected chi connectivity index (χ3v) is 4.20. The fourth-order valence-corrected chi connectivity index (χ4v) is 3.04. The van der Waals surface area contributed by atoms with Gasteiger partial charge in [-0.2, -0.15) is 4.98 Å². The lowest BCUT2D eigenvalue weighted by Gasteiger charge is -2.21. The van der Waals surface area contributed by atoms with E-state index in [-0.39, 0.29) is 5.82 Å². The Balaban J connectivity index is 1.52. The van der Waals surface area contributed by atoms with Gasteiger partial charge in [0.1, 0.15) is 5.82 Å². The minimum atomic E-state index is -0.187. The molecule has 0 aliphatic carbocycles. The van der Waals surface area contributed by atoms with E-state index >= 15 is 0 Å². The first kappa shape index (κ1) is 16.4. The molecule has 0 bridgehead atoms.